The Balaban J connectivity index is 2.15. The number of hydrogen-bond donors (Lipinski definition) is 1. The van der Waals surface area contributed by atoms with E-state index in [1.807, 2.05) is 10.6 Å². The summed E-state index contributed by atoms with van der Waals surface area (Å²) in [6.07, 6.45) is 2.26. The lowest BCUT2D eigenvalue weighted by molar-refractivity contribution is 0.372. The number of nitrogens with one attached hydrogen (secondary N) is 1. The fourth-order valence-electron chi connectivity index (χ4n) is 3.10. The molecule has 1 fully saturated rings. The molecule has 110 valence electrons. The van der Waals surface area contributed by atoms with Crippen LogP contribution in [0.2, 0.25) is 0 Å². The van der Waals surface area contributed by atoms with Gasteiger partial charge in [0.1, 0.15) is 5.65 Å². The Morgan fingerprint density at radius 2 is 2.33 bits per heavy atom. The van der Waals surface area contributed by atoms with Crippen molar-refractivity contribution in [2.75, 3.05) is 6.54 Å². The summed E-state index contributed by atoms with van der Waals surface area (Å²) in [7, 11) is 1.74. The molecular formula is C15H19N5O. The minimum Gasteiger partial charge on any atom is -0.314 e. The van der Waals surface area contributed by atoms with Crippen LogP contribution >= 0.6 is 0 Å². The maximum Gasteiger partial charge on any atom is 0.253 e. The average Bonchev–Trinajstić information content (AvgIpc) is 2.87. The van der Waals surface area contributed by atoms with Gasteiger partial charge in [-0.3, -0.25) is 9.36 Å². The first kappa shape index (κ1) is 13.8. The molecule has 0 saturated carbocycles. The van der Waals surface area contributed by atoms with Crippen molar-refractivity contribution in [2.24, 2.45) is 7.05 Å². The van der Waals surface area contributed by atoms with Gasteiger partial charge in [-0.25, -0.2) is 4.52 Å². The molecule has 0 bridgehead atoms. The largest absolute Gasteiger partial charge is 0.314 e. The number of nitrogens with zero attached hydrogens (tertiary/aromatic N) is 4. The zero-order valence-corrected chi connectivity index (χ0v) is 12.3. The van der Waals surface area contributed by atoms with Crippen LogP contribution in [0, 0.1) is 11.3 Å². The Bertz CT molecular complexity index is 767. The quantitative estimate of drug-likeness (QED) is 0.891. The Kier molecular flexibility index (Phi) is 3.52. The van der Waals surface area contributed by atoms with Crippen LogP contribution < -0.4 is 10.9 Å². The van der Waals surface area contributed by atoms with Crippen LogP contribution in [0.3, 0.4) is 0 Å². The third kappa shape index (κ3) is 2.45. The lowest BCUT2D eigenvalue weighted by Gasteiger charge is -2.28. The van der Waals surface area contributed by atoms with E-state index < -0.39 is 0 Å². The van der Waals surface area contributed by atoms with E-state index in [0.29, 0.717) is 17.7 Å². The molecule has 1 aliphatic rings. The highest BCUT2D eigenvalue weighted by atomic mass is 16.1. The van der Waals surface area contributed by atoms with E-state index in [-0.39, 0.29) is 12.0 Å². The van der Waals surface area contributed by atoms with E-state index in [4.69, 9.17) is 5.26 Å². The lowest BCUT2D eigenvalue weighted by atomic mass is 9.90. The van der Waals surface area contributed by atoms with Crippen molar-refractivity contribution < 1.29 is 0 Å². The van der Waals surface area contributed by atoms with Gasteiger partial charge in [0.05, 0.1) is 23.9 Å². The van der Waals surface area contributed by atoms with E-state index in [1.165, 1.54) is 0 Å². The maximum absolute atomic E-state index is 12.2. The summed E-state index contributed by atoms with van der Waals surface area (Å²) in [6.45, 7) is 3.11. The number of rotatable bonds is 2. The topological polar surface area (TPSA) is 75.1 Å². The molecule has 1 unspecified atom stereocenters. The molecule has 2 aromatic rings. The highest BCUT2D eigenvalue weighted by Gasteiger charge is 2.24. The molecule has 0 spiro atoms. The molecule has 1 N–H and O–H groups in total. The van der Waals surface area contributed by atoms with Gasteiger partial charge in [0.15, 0.2) is 0 Å². The lowest BCUT2D eigenvalue weighted by Crippen LogP contribution is -2.36. The second-order valence-electron chi connectivity index (χ2n) is 5.78. The van der Waals surface area contributed by atoms with Crippen molar-refractivity contribution in [3.8, 4) is 6.07 Å². The Hall–Kier alpha value is -2.13. The van der Waals surface area contributed by atoms with E-state index in [0.717, 1.165) is 30.7 Å². The fraction of sp³-hybridized carbons (Fsp3) is 0.533. The average molecular weight is 285 g/mol. The summed E-state index contributed by atoms with van der Waals surface area (Å²) >= 11 is 0. The van der Waals surface area contributed by atoms with Gasteiger partial charge in [0, 0.05) is 31.1 Å². The Morgan fingerprint density at radius 1 is 1.52 bits per heavy atom. The van der Waals surface area contributed by atoms with Crippen LogP contribution in [0.25, 0.3) is 5.65 Å². The second-order valence-corrected chi connectivity index (χ2v) is 5.78. The molecular weight excluding hydrogens is 266 g/mol. The normalized spacial score (nSPS) is 22.3. The first-order valence-corrected chi connectivity index (χ1v) is 7.29. The Morgan fingerprint density at radius 3 is 3.05 bits per heavy atom. The molecule has 3 rings (SSSR count). The van der Waals surface area contributed by atoms with E-state index in [9.17, 15) is 4.79 Å². The van der Waals surface area contributed by atoms with Crippen molar-refractivity contribution in [2.45, 2.75) is 38.1 Å². The van der Waals surface area contributed by atoms with E-state index >= 15 is 0 Å². The van der Waals surface area contributed by atoms with E-state index in [2.05, 4.69) is 23.4 Å². The highest BCUT2D eigenvalue weighted by Crippen LogP contribution is 2.27. The summed E-state index contributed by atoms with van der Waals surface area (Å²) in [4.78, 5) is 12.2. The summed E-state index contributed by atoms with van der Waals surface area (Å²) in [5.74, 6) is 0.326. The van der Waals surface area contributed by atoms with Crippen LogP contribution in [-0.4, -0.2) is 26.8 Å². The first-order chi connectivity index (χ1) is 10.1. The number of piperidine rings is 1. The van der Waals surface area contributed by atoms with Crippen molar-refractivity contribution in [1.82, 2.24) is 19.5 Å². The van der Waals surface area contributed by atoms with Gasteiger partial charge < -0.3 is 5.32 Å². The van der Waals surface area contributed by atoms with Crippen molar-refractivity contribution >= 4 is 5.65 Å². The SMILES string of the molecule is C[C@H]1CC(c2cc(=O)n(C)c3cc(CC#N)nn23)CCN1. The maximum atomic E-state index is 12.2. The van der Waals surface area contributed by atoms with Crippen LogP contribution in [0.5, 0.6) is 0 Å². The molecule has 21 heavy (non-hydrogen) atoms. The van der Waals surface area contributed by atoms with Gasteiger partial charge in [-0.15, -0.1) is 0 Å². The van der Waals surface area contributed by atoms with Crippen LogP contribution in [0.1, 0.15) is 37.1 Å². The number of aromatic nitrogens is 3. The molecule has 0 amide bonds. The second kappa shape index (κ2) is 5.34. The summed E-state index contributed by atoms with van der Waals surface area (Å²) < 4.78 is 3.43. The molecule has 2 atom stereocenters. The van der Waals surface area contributed by atoms with Gasteiger partial charge in [0.2, 0.25) is 0 Å². The molecule has 0 aliphatic carbocycles. The molecule has 0 aromatic carbocycles. The van der Waals surface area contributed by atoms with Crippen LogP contribution in [0.15, 0.2) is 16.9 Å². The van der Waals surface area contributed by atoms with Crippen molar-refractivity contribution in [1.29, 1.82) is 5.26 Å². The zero-order valence-electron chi connectivity index (χ0n) is 12.3. The number of fused-ring (bicyclic) bond motifs is 1. The highest BCUT2D eigenvalue weighted by molar-refractivity contribution is 5.43. The zero-order chi connectivity index (χ0) is 15.0. The first-order valence-electron chi connectivity index (χ1n) is 7.29. The molecule has 0 radical (unpaired) electrons. The minimum atomic E-state index is -0.0212. The summed E-state index contributed by atoms with van der Waals surface area (Å²) in [6, 6.07) is 6.08. The summed E-state index contributed by atoms with van der Waals surface area (Å²) in [5.41, 5.74) is 2.41. The molecule has 2 aromatic heterocycles. The fourth-order valence-corrected chi connectivity index (χ4v) is 3.10. The monoisotopic (exact) mass is 285 g/mol. The molecule has 1 aliphatic heterocycles. The van der Waals surface area contributed by atoms with Gasteiger partial charge in [-0.1, -0.05) is 0 Å². The van der Waals surface area contributed by atoms with Gasteiger partial charge in [0.25, 0.3) is 5.56 Å². The van der Waals surface area contributed by atoms with Gasteiger partial charge in [-0.2, -0.15) is 10.4 Å². The molecule has 6 nitrogen and oxygen atoms in total. The van der Waals surface area contributed by atoms with E-state index in [1.54, 1.807) is 17.7 Å². The van der Waals surface area contributed by atoms with Crippen LogP contribution in [0.4, 0.5) is 0 Å². The molecule has 6 heteroatoms. The minimum absolute atomic E-state index is 0.0212. The predicted octanol–water partition coefficient (Wildman–Crippen LogP) is 0.955. The molecule has 3 heterocycles. The third-order valence-electron chi connectivity index (χ3n) is 4.23. The van der Waals surface area contributed by atoms with Crippen LogP contribution in [-0.2, 0) is 13.5 Å². The summed E-state index contributed by atoms with van der Waals surface area (Å²) in [5, 5.41) is 16.8. The standard InChI is InChI=1S/C15H19N5O/c1-10-7-11(4-6-17-10)13-9-15(21)19(2)14-8-12(3-5-16)18-20(13)14/h8-11,17H,3-4,6-7H2,1-2H3/t10-,11?/m0/s1. The smallest absolute Gasteiger partial charge is 0.253 e. The molecule has 1 saturated heterocycles. The van der Waals surface area contributed by atoms with Crippen molar-refractivity contribution in [3.63, 3.8) is 0 Å². The number of aryl methyl sites for hydroxylation is 1. The Labute approximate surface area is 123 Å². The number of hydrogen-bond acceptors (Lipinski definition) is 4. The van der Waals surface area contributed by atoms with Gasteiger partial charge in [-0.05, 0) is 26.3 Å². The number of nitriles is 1. The predicted molar refractivity (Wildman–Crippen MR) is 79.2 cm³/mol. The van der Waals surface area contributed by atoms with Gasteiger partial charge >= 0.3 is 0 Å². The third-order valence-corrected chi connectivity index (χ3v) is 4.23. The van der Waals surface area contributed by atoms with Crippen molar-refractivity contribution in [3.05, 3.63) is 33.9 Å².